The predicted molar refractivity (Wildman–Crippen MR) is 81.6 cm³/mol. The Morgan fingerprint density at radius 2 is 2.11 bits per heavy atom. The SMILES string of the molecule is CCNCc1cc(C)nc(N2C(C)CCC2CC)c1. The molecule has 0 saturated carbocycles. The maximum absolute atomic E-state index is 4.77. The van der Waals surface area contributed by atoms with Gasteiger partial charge in [0.1, 0.15) is 5.82 Å². The summed E-state index contributed by atoms with van der Waals surface area (Å²) in [5.74, 6) is 1.17. The van der Waals surface area contributed by atoms with Crippen molar-refractivity contribution in [2.75, 3.05) is 11.4 Å². The predicted octanol–water partition coefficient (Wildman–Crippen LogP) is 3.27. The van der Waals surface area contributed by atoms with Crippen molar-refractivity contribution in [2.45, 2.75) is 65.6 Å². The van der Waals surface area contributed by atoms with Crippen LogP contribution in [0.15, 0.2) is 12.1 Å². The molecule has 1 aromatic rings. The van der Waals surface area contributed by atoms with Gasteiger partial charge in [0.15, 0.2) is 0 Å². The Labute approximate surface area is 117 Å². The van der Waals surface area contributed by atoms with Crippen LogP contribution in [0.25, 0.3) is 0 Å². The van der Waals surface area contributed by atoms with E-state index in [0.29, 0.717) is 12.1 Å². The van der Waals surface area contributed by atoms with E-state index < -0.39 is 0 Å². The minimum Gasteiger partial charge on any atom is -0.351 e. The largest absolute Gasteiger partial charge is 0.351 e. The van der Waals surface area contributed by atoms with Crippen LogP contribution in [0, 0.1) is 6.92 Å². The quantitative estimate of drug-likeness (QED) is 0.881. The van der Waals surface area contributed by atoms with E-state index in [1.54, 1.807) is 0 Å². The third kappa shape index (κ3) is 3.27. The molecule has 1 aliphatic heterocycles. The molecule has 2 atom stereocenters. The van der Waals surface area contributed by atoms with Crippen molar-refractivity contribution < 1.29 is 0 Å². The van der Waals surface area contributed by atoms with E-state index in [1.807, 2.05) is 0 Å². The van der Waals surface area contributed by atoms with Crippen LogP contribution in [0.2, 0.25) is 0 Å². The second-order valence-corrected chi connectivity index (χ2v) is 5.65. The number of hydrogen-bond donors (Lipinski definition) is 1. The van der Waals surface area contributed by atoms with Crippen molar-refractivity contribution in [3.05, 3.63) is 23.4 Å². The summed E-state index contributed by atoms with van der Waals surface area (Å²) in [6.07, 6.45) is 3.80. The average molecular weight is 261 g/mol. The van der Waals surface area contributed by atoms with Gasteiger partial charge < -0.3 is 10.2 Å². The minimum absolute atomic E-state index is 0.617. The lowest BCUT2D eigenvalue weighted by molar-refractivity contribution is 0.619. The second-order valence-electron chi connectivity index (χ2n) is 5.65. The lowest BCUT2D eigenvalue weighted by atomic mass is 10.1. The molecule has 3 heteroatoms. The van der Waals surface area contributed by atoms with Gasteiger partial charge in [0.05, 0.1) is 0 Å². The zero-order valence-corrected chi connectivity index (χ0v) is 12.7. The second kappa shape index (κ2) is 6.38. The summed E-state index contributed by atoms with van der Waals surface area (Å²) in [7, 11) is 0. The number of aromatic nitrogens is 1. The molecule has 1 aromatic heterocycles. The highest BCUT2D eigenvalue weighted by Crippen LogP contribution is 2.31. The van der Waals surface area contributed by atoms with Gasteiger partial charge in [0, 0.05) is 24.3 Å². The van der Waals surface area contributed by atoms with E-state index >= 15 is 0 Å². The van der Waals surface area contributed by atoms with Crippen LogP contribution in [-0.2, 0) is 6.54 Å². The van der Waals surface area contributed by atoms with E-state index in [2.05, 4.69) is 50.0 Å². The first kappa shape index (κ1) is 14.3. The molecule has 1 fully saturated rings. The summed E-state index contributed by atoms with van der Waals surface area (Å²) >= 11 is 0. The molecule has 1 N–H and O–H groups in total. The van der Waals surface area contributed by atoms with Crippen molar-refractivity contribution in [3.8, 4) is 0 Å². The summed E-state index contributed by atoms with van der Waals surface area (Å²) in [6, 6.07) is 5.73. The summed E-state index contributed by atoms with van der Waals surface area (Å²) < 4.78 is 0. The smallest absolute Gasteiger partial charge is 0.129 e. The Kier molecular flexibility index (Phi) is 4.81. The molecule has 1 aliphatic rings. The van der Waals surface area contributed by atoms with Crippen molar-refractivity contribution in [3.63, 3.8) is 0 Å². The van der Waals surface area contributed by atoms with Crippen molar-refractivity contribution >= 4 is 5.82 Å². The van der Waals surface area contributed by atoms with Gasteiger partial charge >= 0.3 is 0 Å². The maximum atomic E-state index is 4.77. The number of rotatable bonds is 5. The highest BCUT2D eigenvalue weighted by Gasteiger charge is 2.30. The molecule has 0 aliphatic carbocycles. The summed E-state index contributed by atoms with van der Waals surface area (Å²) in [5.41, 5.74) is 2.47. The maximum Gasteiger partial charge on any atom is 0.129 e. The fourth-order valence-electron chi connectivity index (χ4n) is 3.11. The van der Waals surface area contributed by atoms with Crippen molar-refractivity contribution in [1.82, 2.24) is 10.3 Å². The number of nitrogens with zero attached hydrogens (tertiary/aromatic N) is 2. The van der Waals surface area contributed by atoms with Gasteiger partial charge in [0.2, 0.25) is 0 Å². The summed E-state index contributed by atoms with van der Waals surface area (Å²) in [5, 5.41) is 3.40. The first-order valence-electron chi connectivity index (χ1n) is 7.62. The van der Waals surface area contributed by atoms with Crippen molar-refractivity contribution in [1.29, 1.82) is 0 Å². The van der Waals surface area contributed by atoms with E-state index in [0.717, 1.165) is 18.8 Å². The van der Waals surface area contributed by atoms with Crippen LogP contribution in [0.4, 0.5) is 5.82 Å². The molecule has 2 rings (SSSR count). The number of nitrogens with one attached hydrogen (secondary N) is 1. The molecule has 2 unspecified atom stereocenters. The molecule has 0 radical (unpaired) electrons. The van der Waals surface area contributed by atoms with E-state index in [1.165, 1.54) is 30.6 Å². The molecule has 0 bridgehead atoms. The summed E-state index contributed by atoms with van der Waals surface area (Å²) in [4.78, 5) is 7.30. The zero-order chi connectivity index (χ0) is 13.8. The third-order valence-electron chi connectivity index (χ3n) is 4.10. The van der Waals surface area contributed by atoms with Crippen LogP contribution < -0.4 is 10.2 Å². The Hall–Kier alpha value is -1.09. The highest BCUT2D eigenvalue weighted by molar-refractivity contribution is 5.46. The molecule has 3 nitrogen and oxygen atoms in total. The fraction of sp³-hybridized carbons (Fsp3) is 0.688. The molecular formula is C16H27N3. The van der Waals surface area contributed by atoms with Gasteiger partial charge in [0.25, 0.3) is 0 Å². The van der Waals surface area contributed by atoms with E-state index in [9.17, 15) is 0 Å². The number of hydrogen-bond acceptors (Lipinski definition) is 3. The first-order chi connectivity index (χ1) is 9.15. The zero-order valence-electron chi connectivity index (χ0n) is 12.7. The number of aryl methyl sites for hydroxylation is 1. The number of pyridine rings is 1. The molecule has 0 spiro atoms. The Morgan fingerprint density at radius 3 is 2.79 bits per heavy atom. The van der Waals surface area contributed by atoms with E-state index in [4.69, 9.17) is 4.98 Å². The van der Waals surface area contributed by atoms with Crippen LogP contribution in [0.3, 0.4) is 0 Å². The topological polar surface area (TPSA) is 28.2 Å². The molecular weight excluding hydrogens is 234 g/mol. The standard InChI is InChI=1S/C16H27N3/c1-5-15-8-7-13(4)19(15)16-10-14(11-17-6-2)9-12(3)18-16/h9-10,13,15,17H,5-8,11H2,1-4H3. The van der Waals surface area contributed by atoms with Crippen LogP contribution in [0.1, 0.15) is 51.3 Å². The van der Waals surface area contributed by atoms with Gasteiger partial charge in [-0.3, -0.25) is 0 Å². The van der Waals surface area contributed by atoms with E-state index in [-0.39, 0.29) is 0 Å². The molecule has 1 saturated heterocycles. The van der Waals surface area contributed by atoms with Gasteiger partial charge in [-0.2, -0.15) is 0 Å². The molecule has 106 valence electrons. The van der Waals surface area contributed by atoms with Gasteiger partial charge in [-0.15, -0.1) is 0 Å². The lowest BCUT2D eigenvalue weighted by Gasteiger charge is -2.29. The number of anilines is 1. The molecule has 19 heavy (non-hydrogen) atoms. The van der Waals surface area contributed by atoms with Crippen LogP contribution >= 0.6 is 0 Å². The van der Waals surface area contributed by atoms with Gasteiger partial charge in [-0.05, 0) is 57.4 Å². The normalized spacial score (nSPS) is 23.1. The van der Waals surface area contributed by atoms with Crippen LogP contribution in [0.5, 0.6) is 0 Å². The van der Waals surface area contributed by atoms with Crippen LogP contribution in [-0.4, -0.2) is 23.6 Å². The third-order valence-corrected chi connectivity index (χ3v) is 4.10. The average Bonchev–Trinajstić information content (AvgIpc) is 2.77. The Bertz CT molecular complexity index is 416. The molecule has 0 amide bonds. The Morgan fingerprint density at radius 1 is 1.32 bits per heavy atom. The molecule has 2 heterocycles. The minimum atomic E-state index is 0.617. The molecule has 0 aromatic carbocycles. The first-order valence-corrected chi connectivity index (χ1v) is 7.62. The lowest BCUT2D eigenvalue weighted by Crippen LogP contribution is -2.35. The summed E-state index contributed by atoms with van der Waals surface area (Å²) in [6.45, 7) is 10.8. The fourth-order valence-corrected chi connectivity index (χ4v) is 3.11. The van der Waals surface area contributed by atoms with Gasteiger partial charge in [-0.25, -0.2) is 4.98 Å². The van der Waals surface area contributed by atoms with Gasteiger partial charge in [-0.1, -0.05) is 13.8 Å². The Balaban J connectivity index is 2.25. The van der Waals surface area contributed by atoms with Crippen molar-refractivity contribution in [2.24, 2.45) is 0 Å². The highest BCUT2D eigenvalue weighted by atomic mass is 15.3. The monoisotopic (exact) mass is 261 g/mol.